The van der Waals surface area contributed by atoms with Crippen LogP contribution in [0.1, 0.15) is 23.5 Å². The summed E-state index contributed by atoms with van der Waals surface area (Å²) >= 11 is 0. The van der Waals surface area contributed by atoms with Gasteiger partial charge in [0.15, 0.2) is 11.5 Å². The number of nitro benzene ring substituents is 1. The van der Waals surface area contributed by atoms with Gasteiger partial charge in [-0.25, -0.2) is 0 Å². The van der Waals surface area contributed by atoms with Crippen molar-refractivity contribution in [2.24, 2.45) is 0 Å². The molecule has 7 nitrogen and oxygen atoms in total. The lowest BCUT2D eigenvalue weighted by Gasteiger charge is -2.27. The summed E-state index contributed by atoms with van der Waals surface area (Å²) in [4.78, 5) is 23.7. The first-order chi connectivity index (χ1) is 13.1. The van der Waals surface area contributed by atoms with Crippen molar-refractivity contribution in [3.63, 3.8) is 0 Å². The fraction of sp³-hybridized carbons (Fsp3) is 0.150. The Morgan fingerprint density at radius 3 is 2.63 bits per heavy atom. The van der Waals surface area contributed by atoms with Crippen LogP contribution in [-0.4, -0.2) is 17.6 Å². The van der Waals surface area contributed by atoms with Crippen molar-refractivity contribution in [3.8, 4) is 11.5 Å². The van der Waals surface area contributed by atoms with Gasteiger partial charge in [0.05, 0.1) is 16.7 Å². The number of amides is 1. The molecule has 1 N–H and O–H groups in total. The number of nitrogens with zero attached hydrogens (tertiary/aromatic N) is 1. The number of anilines is 1. The molecule has 0 unspecified atom stereocenters. The van der Waals surface area contributed by atoms with Crippen LogP contribution in [-0.2, 0) is 4.79 Å². The number of ether oxygens (including phenoxy) is 2. The number of nitrogens with one attached hydrogen (secondary N) is 1. The number of hydrogen-bond acceptors (Lipinski definition) is 5. The monoisotopic (exact) mass is 362 g/mol. The molecule has 5 rings (SSSR count). The van der Waals surface area contributed by atoms with E-state index in [1.54, 1.807) is 6.07 Å². The Labute approximate surface area is 153 Å². The van der Waals surface area contributed by atoms with Crippen molar-refractivity contribution >= 4 is 28.1 Å². The van der Waals surface area contributed by atoms with Crippen molar-refractivity contribution < 1.29 is 19.2 Å². The van der Waals surface area contributed by atoms with Gasteiger partial charge in [0.25, 0.3) is 5.69 Å². The smallest absolute Gasteiger partial charge is 0.277 e. The Bertz CT molecular complexity index is 1120. The van der Waals surface area contributed by atoms with Gasteiger partial charge < -0.3 is 14.8 Å². The Morgan fingerprint density at radius 2 is 1.81 bits per heavy atom. The summed E-state index contributed by atoms with van der Waals surface area (Å²) < 4.78 is 10.7. The zero-order valence-electron chi connectivity index (χ0n) is 14.1. The lowest BCUT2D eigenvalue weighted by Crippen LogP contribution is -2.24. The molecule has 0 aliphatic carbocycles. The van der Waals surface area contributed by atoms with Gasteiger partial charge >= 0.3 is 0 Å². The molecule has 0 spiro atoms. The molecule has 0 aromatic heterocycles. The van der Waals surface area contributed by atoms with E-state index in [1.807, 2.05) is 36.4 Å². The van der Waals surface area contributed by atoms with E-state index in [0.29, 0.717) is 22.7 Å². The number of hydrogen-bond donors (Lipinski definition) is 1. The third-order valence-corrected chi connectivity index (χ3v) is 5.08. The molecule has 1 amide bonds. The lowest BCUT2D eigenvalue weighted by atomic mass is 9.82. The molecule has 2 aliphatic heterocycles. The molecule has 134 valence electrons. The third-order valence-electron chi connectivity index (χ3n) is 5.08. The number of fused-ring (bicyclic) bond motifs is 4. The van der Waals surface area contributed by atoms with E-state index >= 15 is 0 Å². The minimum absolute atomic E-state index is 0.0301. The predicted octanol–water partition coefficient (Wildman–Crippen LogP) is 3.95. The maximum Gasteiger partial charge on any atom is 0.277 e. The van der Waals surface area contributed by atoms with Crippen LogP contribution in [0.25, 0.3) is 10.8 Å². The summed E-state index contributed by atoms with van der Waals surface area (Å²) in [6.45, 7) is 0.0301. The van der Waals surface area contributed by atoms with Gasteiger partial charge in [0, 0.05) is 23.3 Å². The van der Waals surface area contributed by atoms with Crippen LogP contribution in [0.15, 0.2) is 48.5 Å². The molecule has 2 aliphatic rings. The molecule has 1 atom stereocenters. The van der Waals surface area contributed by atoms with Crippen molar-refractivity contribution in [1.82, 2.24) is 0 Å². The zero-order chi connectivity index (χ0) is 18.5. The van der Waals surface area contributed by atoms with Crippen LogP contribution in [0.5, 0.6) is 11.5 Å². The highest BCUT2D eigenvalue weighted by atomic mass is 16.7. The quantitative estimate of drug-likeness (QED) is 0.551. The van der Waals surface area contributed by atoms with Gasteiger partial charge in [-0.2, -0.15) is 0 Å². The normalized spacial score (nSPS) is 17.5. The summed E-state index contributed by atoms with van der Waals surface area (Å²) in [6.07, 6.45) is 0.131. The van der Waals surface area contributed by atoms with E-state index in [-0.39, 0.29) is 24.8 Å². The molecular weight excluding hydrogens is 348 g/mol. The summed E-state index contributed by atoms with van der Waals surface area (Å²) in [7, 11) is 0. The van der Waals surface area contributed by atoms with Crippen LogP contribution in [0.2, 0.25) is 0 Å². The van der Waals surface area contributed by atoms with Crippen LogP contribution < -0.4 is 14.8 Å². The van der Waals surface area contributed by atoms with Crippen molar-refractivity contribution in [3.05, 3.63) is 69.8 Å². The molecule has 27 heavy (non-hydrogen) atoms. The van der Waals surface area contributed by atoms with Crippen molar-refractivity contribution in [2.45, 2.75) is 12.3 Å². The minimum Gasteiger partial charge on any atom is -0.454 e. The highest BCUT2D eigenvalue weighted by molar-refractivity contribution is 6.06. The summed E-state index contributed by atoms with van der Waals surface area (Å²) in [5.74, 6) is 0.206. The highest BCUT2D eigenvalue weighted by Gasteiger charge is 2.34. The first kappa shape index (κ1) is 15.6. The number of benzene rings is 3. The van der Waals surface area contributed by atoms with Crippen LogP contribution in [0.4, 0.5) is 11.4 Å². The maximum absolute atomic E-state index is 12.4. The molecule has 0 radical (unpaired) electrons. The number of carbonyl (C=O) groups is 1. The molecular formula is C20H14N2O5. The fourth-order valence-corrected chi connectivity index (χ4v) is 3.87. The standard InChI is InChI=1S/C20H14N2O5/c23-19-8-14(13-6-5-11-3-1-2-4-12(11)20(13)21-19)15-7-17-18(27-10-26-17)9-16(15)22(24)25/h1-7,9,14H,8,10H2,(H,21,23)/t14-/m1/s1. The number of carbonyl (C=O) groups excluding carboxylic acids is 1. The summed E-state index contributed by atoms with van der Waals surface area (Å²) in [5.41, 5.74) is 1.95. The minimum atomic E-state index is -0.440. The van der Waals surface area contributed by atoms with E-state index in [4.69, 9.17) is 9.47 Å². The van der Waals surface area contributed by atoms with E-state index in [9.17, 15) is 14.9 Å². The Hall–Kier alpha value is -3.61. The zero-order valence-corrected chi connectivity index (χ0v) is 14.1. The van der Waals surface area contributed by atoms with Gasteiger partial charge in [0.1, 0.15) is 0 Å². The fourth-order valence-electron chi connectivity index (χ4n) is 3.87. The van der Waals surface area contributed by atoms with E-state index < -0.39 is 10.8 Å². The Balaban J connectivity index is 1.75. The largest absolute Gasteiger partial charge is 0.454 e. The highest BCUT2D eigenvalue weighted by Crippen LogP contribution is 2.47. The van der Waals surface area contributed by atoms with Gasteiger partial charge in [-0.15, -0.1) is 0 Å². The van der Waals surface area contributed by atoms with Gasteiger partial charge in [-0.05, 0) is 17.0 Å². The number of rotatable bonds is 2. The second-order valence-corrected chi connectivity index (χ2v) is 6.58. The average Bonchev–Trinajstić information content (AvgIpc) is 3.13. The topological polar surface area (TPSA) is 90.7 Å². The second-order valence-electron chi connectivity index (χ2n) is 6.58. The molecule has 0 saturated heterocycles. The molecule has 0 saturated carbocycles. The molecule has 3 aromatic carbocycles. The number of nitro groups is 1. The molecule has 7 heteroatoms. The third kappa shape index (κ3) is 2.39. The van der Waals surface area contributed by atoms with Gasteiger partial charge in [-0.1, -0.05) is 36.4 Å². The van der Waals surface area contributed by atoms with E-state index in [1.165, 1.54) is 6.07 Å². The maximum atomic E-state index is 12.4. The van der Waals surface area contributed by atoms with Crippen LogP contribution in [0.3, 0.4) is 0 Å². The molecule has 0 bridgehead atoms. The first-order valence-electron chi connectivity index (χ1n) is 8.51. The average molecular weight is 362 g/mol. The first-order valence-corrected chi connectivity index (χ1v) is 8.51. The lowest BCUT2D eigenvalue weighted by molar-refractivity contribution is -0.385. The molecule has 2 heterocycles. The predicted molar refractivity (Wildman–Crippen MR) is 98.3 cm³/mol. The second kappa shape index (κ2) is 5.70. The Morgan fingerprint density at radius 1 is 1.04 bits per heavy atom. The van der Waals surface area contributed by atoms with E-state index in [0.717, 1.165) is 16.3 Å². The van der Waals surface area contributed by atoms with E-state index in [2.05, 4.69) is 5.32 Å². The van der Waals surface area contributed by atoms with Crippen LogP contribution in [0, 0.1) is 10.1 Å². The van der Waals surface area contributed by atoms with Crippen LogP contribution >= 0.6 is 0 Å². The Kier molecular flexibility index (Phi) is 3.30. The van der Waals surface area contributed by atoms with Crippen molar-refractivity contribution in [1.29, 1.82) is 0 Å². The van der Waals surface area contributed by atoms with Gasteiger partial charge in [-0.3, -0.25) is 14.9 Å². The van der Waals surface area contributed by atoms with Gasteiger partial charge in [0.2, 0.25) is 12.7 Å². The summed E-state index contributed by atoms with van der Waals surface area (Å²) in [5, 5.41) is 16.5. The summed E-state index contributed by atoms with van der Waals surface area (Å²) in [6, 6.07) is 14.6. The SMILES string of the molecule is O=C1C[C@@H](c2cc3c(cc2[N+](=O)[O-])OCO3)c2ccc3ccccc3c2N1. The molecule has 0 fully saturated rings. The molecule has 3 aromatic rings. The van der Waals surface area contributed by atoms with Crippen molar-refractivity contribution in [2.75, 3.05) is 12.1 Å².